The summed E-state index contributed by atoms with van der Waals surface area (Å²) in [5, 5.41) is 2.86. The Kier molecular flexibility index (Phi) is 6.33. The summed E-state index contributed by atoms with van der Waals surface area (Å²) in [7, 11) is -3.14. The topological polar surface area (TPSA) is 63.2 Å². The second-order valence-electron chi connectivity index (χ2n) is 5.63. The van der Waals surface area contributed by atoms with Crippen molar-refractivity contribution in [2.45, 2.75) is 32.7 Å². The smallest absolute Gasteiger partial charge is 0.221 e. The Morgan fingerprint density at radius 2 is 1.81 bits per heavy atom. The van der Waals surface area contributed by atoms with Crippen LogP contribution in [0.5, 0.6) is 0 Å². The molecule has 1 aromatic carbocycles. The van der Waals surface area contributed by atoms with Gasteiger partial charge in [-0.3, -0.25) is 4.79 Å². The summed E-state index contributed by atoms with van der Waals surface area (Å²) in [6.45, 7) is 3.95. The van der Waals surface area contributed by atoms with E-state index in [0.29, 0.717) is 6.42 Å². The first kappa shape index (κ1) is 17.6. The molecule has 1 atom stereocenters. The van der Waals surface area contributed by atoms with Crippen LogP contribution in [-0.4, -0.2) is 32.4 Å². The lowest BCUT2D eigenvalue weighted by Crippen LogP contribution is -2.40. The van der Waals surface area contributed by atoms with E-state index in [-0.39, 0.29) is 35.9 Å². The third-order valence-corrected chi connectivity index (χ3v) is 4.17. The van der Waals surface area contributed by atoms with Gasteiger partial charge in [0, 0.05) is 18.7 Å². The van der Waals surface area contributed by atoms with E-state index in [1.165, 1.54) is 12.1 Å². The van der Waals surface area contributed by atoms with Gasteiger partial charge in [0.2, 0.25) is 5.91 Å². The summed E-state index contributed by atoms with van der Waals surface area (Å²) in [5.41, 5.74) is 0.929. The summed E-state index contributed by atoms with van der Waals surface area (Å²) in [6.07, 6.45) is 1.66. The molecule has 0 heterocycles. The first-order chi connectivity index (χ1) is 9.67. The van der Waals surface area contributed by atoms with Crippen LogP contribution in [0, 0.1) is 11.7 Å². The molecular formula is C15H22FNO3S. The minimum absolute atomic E-state index is 0.0362. The number of carbonyl (C=O) groups is 1. The molecule has 21 heavy (non-hydrogen) atoms. The molecule has 0 bridgehead atoms. The van der Waals surface area contributed by atoms with Crippen molar-refractivity contribution < 1.29 is 17.6 Å². The Morgan fingerprint density at radius 1 is 1.24 bits per heavy atom. The molecule has 0 spiro atoms. The van der Waals surface area contributed by atoms with Gasteiger partial charge in [-0.2, -0.15) is 0 Å². The molecule has 0 fully saturated rings. The third kappa shape index (κ3) is 7.22. The lowest BCUT2D eigenvalue weighted by atomic mass is 9.96. The average Bonchev–Trinajstić information content (AvgIpc) is 2.37. The van der Waals surface area contributed by atoms with Crippen LogP contribution in [0.1, 0.15) is 25.8 Å². The number of sulfone groups is 1. The van der Waals surface area contributed by atoms with Gasteiger partial charge in [0.05, 0.1) is 5.75 Å². The predicted molar refractivity (Wildman–Crippen MR) is 81.2 cm³/mol. The lowest BCUT2D eigenvalue weighted by Gasteiger charge is -2.22. The van der Waals surface area contributed by atoms with Crippen molar-refractivity contribution in [2.24, 2.45) is 5.92 Å². The van der Waals surface area contributed by atoms with Crippen LogP contribution >= 0.6 is 0 Å². The van der Waals surface area contributed by atoms with Gasteiger partial charge >= 0.3 is 0 Å². The van der Waals surface area contributed by atoms with Crippen molar-refractivity contribution in [1.29, 1.82) is 0 Å². The van der Waals surface area contributed by atoms with E-state index in [1.54, 1.807) is 12.1 Å². The number of hydrogen-bond acceptors (Lipinski definition) is 3. The van der Waals surface area contributed by atoms with Crippen molar-refractivity contribution in [3.05, 3.63) is 35.6 Å². The molecule has 0 aliphatic heterocycles. The molecule has 0 saturated heterocycles. The van der Waals surface area contributed by atoms with E-state index in [9.17, 15) is 17.6 Å². The molecule has 0 aliphatic rings. The first-order valence-corrected chi connectivity index (χ1v) is 8.95. The highest BCUT2D eigenvalue weighted by molar-refractivity contribution is 7.90. The van der Waals surface area contributed by atoms with E-state index in [4.69, 9.17) is 0 Å². The van der Waals surface area contributed by atoms with Crippen LogP contribution in [0.15, 0.2) is 24.3 Å². The maximum Gasteiger partial charge on any atom is 0.221 e. The molecule has 1 aromatic rings. The van der Waals surface area contributed by atoms with Crippen molar-refractivity contribution in [1.82, 2.24) is 5.32 Å². The number of rotatable bonds is 7. The van der Waals surface area contributed by atoms with E-state index in [0.717, 1.165) is 11.8 Å². The van der Waals surface area contributed by atoms with Crippen molar-refractivity contribution in [2.75, 3.05) is 12.0 Å². The lowest BCUT2D eigenvalue weighted by molar-refractivity contribution is -0.121. The minimum atomic E-state index is -3.14. The van der Waals surface area contributed by atoms with Crippen LogP contribution in [0.2, 0.25) is 0 Å². The van der Waals surface area contributed by atoms with E-state index in [2.05, 4.69) is 5.32 Å². The van der Waals surface area contributed by atoms with Gasteiger partial charge in [-0.15, -0.1) is 0 Å². The van der Waals surface area contributed by atoms with Crippen LogP contribution < -0.4 is 5.32 Å². The fraction of sp³-hybridized carbons (Fsp3) is 0.533. The number of halogens is 1. The molecule has 4 nitrogen and oxygen atoms in total. The highest BCUT2D eigenvalue weighted by atomic mass is 32.2. The summed E-state index contributed by atoms with van der Waals surface area (Å²) in [6, 6.07) is 6.04. The van der Waals surface area contributed by atoms with E-state index < -0.39 is 9.84 Å². The molecule has 1 rings (SSSR count). The molecule has 1 N–H and O–H groups in total. The monoisotopic (exact) mass is 315 g/mol. The zero-order valence-corrected chi connectivity index (χ0v) is 13.4. The Labute approximate surface area is 125 Å². The number of carbonyl (C=O) groups excluding carboxylic acids is 1. The van der Waals surface area contributed by atoms with Crippen molar-refractivity contribution in [3.63, 3.8) is 0 Å². The first-order valence-electron chi connectivity index (χ1n) is 6.89. The van der Waals surface area contributed by atoms with Gasteiger partial charge in [-0.05, 0) is 30.0 Å². The molecule has 118 valence electrons. The fourth-order valence-electron chi connectivity index (χ4n) is 1.88. The third-order valence-electron chi connectivity index (χ3n) is 3.22. The molecule has 0 saturated carbocycles. The van der Waals surface area contributed by atoms with Gasteiger partial charge in [0.15, 0.2) is 0 Å². The Hall–Kier alpha value is -1.43. The number of benzene rings is 1. The van der Waals surface area contributed by atoms with Crippen molar-refractivity contribution >= 4 is 15.7 Å². The number of hydrogen-bond donors (Lipinski definition) is 1. The summed E-state index contributed by atoms with van der Waals surface area (Å²) >= 11 is 0. The number of nitrogens with one attached hydrogen (secondary N) is 1. The highest BCUT2D eigenvalue weighted by Crippen LogP contribution is 2.11. The van der Waals surface area contributed by atoms with Crippen LogP contribution in [-0.2, 0) is 21.1 Å². The molecule has 1 unspecified atom stereocenters. The minimum Gasteiger partial charge on any atom is -0.353 e. The van der Waals surface area contributed by atoms with E-state index >= 15 is 0 Å². The molecule has 0 aliphatic carbocycles. The number of amides is 1. The SMILES string of the molecule is CC(C)C(Cc1ccc(F)cc1)NC(=O)CCS(C)(=O)=O. The van der Waals surface area contributed by atoms with Gasteiger partial charge in [0.25, 0.3) is 0 Å². The maximum absolute atomic E-state index is 12.9. The predicted octanol–water partition coefficient (Wildman–Crippen LogP) is 1.94. The highest BCUT2D eigenvalue weighted by Gasteiger charge is 2.17. The molecule has 0 radical (unpaired) electrons. The standard InChI is InChI=1S/C15H22FNO3S/c1-11(2)14(10-12-4-6-13(16)7-5-12)17-15(18)8-9-21(3,19)20/h4-7,11,14H,8-10H2,1-3H3,(H,17,18). The van der Waals surface area contributed by atoms with Gasteiger partial charge in [0.1, 0.15) is 15.7 Å². The zero-order chi connectivity index (χ0) is 16.0. The quantitative estimate of drug-likeness (QED) is 0.836. The molecule has 0 aromatic heterocycles. The van der Waals surface area contributed by atoms with Crippen LogP contribution in [0.4, 0.5) is 4.39 Å². The maximum atomic E-state index is 12.9. The second-order valence-corrected chi connectivity index (χ2v) is 7.89. The Morgan fingerprint density at radius 3 is 2.29 bits per heavy atom. The largest absolute Gasteiger partial charge is 0.353 e. The van der Waals surface area contributed by atoms with Crippen molar-refractivity contribution in [3.8, 4) is 0 Å². The zero-order valence-electron chi connectivity index (χ0n) is 12.6. The van der Waals surface area contributed by atoms with Gasteiger partial charge in [-0.1, -0.05) is 26.0 Å². The second kappa shape index (κ2) is 7.54. The van der Waals surface area contributed by atoms with E-state index in [1.807, 2.05) is 13.8 Å². The fourth-order valence-corrected chi connectivity index (χ4v) is 2.44. The van der Waals surface area contributed by atoms with Gasteiger partial charge in [-0.25, -0.2) is 12.8 Å². The molecule has 1 amide bonds. The van der Waals surface area contributed by atoms with Gasteiger partial charge < -0.3 is 5.32 Å². The normalized spacial score (nSPS) is 13.2. The summed E-state index contributed by atoms with van der Waals surface area (Å²) in [5.74, 6) is -0.532. The van der Waals surface area contributed by atoms with Crippen LogP contribution in [0.25, 0.3) is 0 Å². The van der Waals surface area contributed by atoms with Crippen LogP contribution in [0.3, 0.4) is 0 Å². The molecular weight excluding hydrogens is 293 g/mol. The Bertz CT molecular complexity index is 567. The summed E-state index contributed by atoms with van der Waals surface area (Å²) in [4.78, 5) is 11.8. The Balaban J connectivity index is 2.61. The average molecular weight is 315 g/mol. The molecule has 6 heteroatoms. The summed E-state index contributed by atoms with van der Waals surface area (Å²) < 4.78 is 35.0.